The molecule has 1 aliphatic rings. The van der Waals surface area contributed by atoms with Gasteiger partial charge >= 0.3 is 6.18 Å². The summed E-state index contributed by atoms with van der Waals surface area (Å²) in [5.41, 5.74) is 1.69. The van der Waals surface area contributed by atoms with E-state index in [1.165, 1.54) is 11.0 Å². The van der Waals surface area contributed by atoms with Gasteiger partial charge in [0, 0.05) is 35.8 Å². The SMILES string of the molecule is Cc1cc(-c2cnn3c2C(=O)N(c2ccc(C(F)(F)F)c(OCCF)c2)C[C@@H]3C)ccn1. The van der Waals surface area contributed by atoms with Gasteiger partial charge in [-0.1, -0.05) is 0 Å². The highest BCUT2D eigenvalue weighted by molar-refractivity contribution is 6.09. The zero-order valence-corrected chi connectivity index (χ0v) is 17.4. The molecule has 0 saturated carbocycles. The van der Waals surface area contributed by atoms with E-state index in [1.54, 1.807) is 23.1 Å². The highest BCUT2D eigenvalue weighted by atomic mass is 19.4. The predicted octanol–water partition coefficient (Wildman–Crippen LogP) is 4.84. The molecule has 6 nitrogen and oxygen atoms in total. The fraction of sp³-hybridized carbons (Fsp3) is 0.318. The van der Waals surface area contributed by atoms with Gasteiger partial charge < -0.3 is 9.64 Å². The number of carbonyl (C=O) groups excluding carboxylic acids is 1. The Morgan fingerprint density at radius 2 is 2.00 bits per heavy atom. The molecule has 1 atom stereocenters. The fourth-order valence-corrected chi connectivity index (χ4v) is 3.79. The number of hydrogen-bond donors (Lipinski definition) is 0. The normalized spacial score (nSPS) is 16.2. The van der Waals surface area contributed by atoms with Gasteiger partial charge in [-0.15, -0.1) is 0 Å². The number of carbonyl (C=O) groups is 1. The molecule has 0 fully saturated rings. The molecule has 1 aliphatic heterocycles. The highest BCUT2D eigenvalue weighted by Gasteiger charge is 2.37. The zero-order chi connectivity index (χ0) is 23.0. The number of pyridine rings is 1. The Hall–Kier alpha value is -3.43. The molecule has 0 N–H and O–H groups in total. The minimum Gasteiger partial charge on any atom is -0.490 e. The second-order valence-electron chi connectivity index (χ2n) is 7.52. The number of ether oxygens (including phenoxy) is 1. The van der Waals surface area contributed by atoms with Crippen LogP contribution in [0, 0.1) is 6.92 Å². The molecule has 0 aliphatic carbocycles. The summed E-state index contributed by atoms with van der Waals surface area (Å²) in [7, 11) is 0. The molecule has 0 unspecified atom stereocenters. The lowest BCUT2D eigenvalue weighted by Gasteiger charge is -2.33. The van der Waals surface area contributed by atoms with Gasteiger partial charge in [0.15, 0.2) is 0 Å². The number of aromatic nitrogens is 3. The number of alkyl halides is 4. The van der Waals surface area contributed by atoms with Crippen LogP contribution < -0.4 is 9.64 Å². The van der Waals surface area contributed by atoms with E-state index in [1.807, 2.05) is 19.9 Å². The maximum Gasteiger partial charge on any atom is 0.419 e. The number of rotatable bonds is 5. The third-order valence-corrected chi connectivity index (χ3v) is 5.23. The van der Waals surface area contributed by atoms with Gasteiger partial charge in [-0.05, 0) is 43.7 Å². The monoisotopic (exact) mass is 448 g/mol. The number of nitrogens with zero attached hydrogens (tertiary/aromatic N) is 4. The van der Waals surface area contributed by atoms with Crippen molar-refractivity contribution in [1.82, 2.24) is 14.8 Å². The van der Waals surface area contributed by atoms with Gasteiger partial charge in [0.05, 0.1) is 17.8 Å². The molecule has 3 aromatic rings. The molecule has 32 heavy (non-hydrogen) atoms. The van der Waals surface area contributed by atoms with E-state index < -0.39 is 36.7 Å². The van der Waals surface area contributed by atoms with Crippen LogP contribution in [0.1, 0.15) is 34.7 Å². The van der Waals surface area contributed by atoms with Gasteiger partial charge in [0.1, 0.15) is 24.7 Å². The number of fused-ring (bicyclic) bond motifs is 1. The van der Waals surface area contributed by atoms with Crippen LogP contribution >= 0.6 is 0 Å². The fourth-order valence-electron chi connectivity index (χ4n) is 3.79. The smallest absolute Gasteiger partial charge is 0.419 e. The number of aryl methyl sites for hydroxylation is 1. The van der Waals surface area contributed by atoms with Crippen molar-refractivity contribution < 1.29 is 27.1 Å². The van der Waals surface area contributed by atoms with Crippen molar-refractivity contribution in [3.63, 3.8) is 0 Å². The highest BCUT2D eigenvalue weighted by Crippen LogP contribution is 2.40. The molecular weight excluding hydrogens is 428 g/mol. The quantitative estimate of drug-likeness (QED) is 0.524. The number of benzene rings is 1. The summed E-state index contributed by atoms with van der Waals surface area (Å²) >= 11 is 0. The number of hydrogen-bond acceptors (Lipinski definition) is 4. The van der Waals surface area contributed by atoms with Crippen LogP contribution in [0.4, 0.5) is 23.2 Å². The van der Waals surface area contributed by atoms with Crippen molar-refractivity contribution >= 4 is 11.6 Å². The van der Waals surface area contributed by atoms with Gasteiger partial charge in [0.25, 0.3) is 5.91 Å². The third kappa shape index (κ3) is 3.92. The first-order chi connectivity index (χ1) is 15.2. The summed E-state index contributed by atoms with van der Waals surface area (Å²) in [6.07, 6.45) is -1.44. The van der Waals surface area contributed by atoms with Crippen LogP contribution in [0.25, 0.3) is 11.1 Å². The van der Waals surface area contributed by atoms with Crippen LogP contribution in [0.3, 0.4) is 0 Å². The van der Waals surface area contributed by atoms with E-state index >= 15 is 0 Å². The molecule has 3 heterocycles. The Labute approximate surface area is 181 Å². The Bertz CT molecular complexity index is 1160. The molecule has 10 heteroatoms. The first kappa shape index (κ1) is 21.8. The lowest BCUT2D eigenvalue weighted by atomic mass is 10.0. The van der Waals surface area contributed by atoms with Gasteiger partial charge in [-0.25, -0.2) is 4.39 Å². The first-order valence-corrected chi connectivity index (χ1v) is 9.93. The molecule has 2 aromatic heterocycles. The Morgan fingerprint density at radius 1 is 1.22 bits per heavy atom. The number of anilines is 1. The summed E-state index contributed by atoms with van der Waals surface area (Å²) in [6.45, 7) is 2.44. The van der Waals surface area contributed by atoms with Crippen molar-refractivity contribution in [2.24, 2.45) is 0 Å². The topological polar surface area (TPSA) is 60.2 Å². The Kier molecular flexibility index (Phi) is 5.62. The first-order valence-electron chi connectivity index (χ1n) is 9.93. The Morgan fingerprint density at radius 3 is 2.69 bits per heavy atom. The molecule has 1 amide bonds. The molecule has 0 saturated heterocycles. The molecule has 0 radical (unpaired) electrons. The van der Waals surface area contributed by atoms with Crippen LogP contribution in [-0.4, -0.2) is 40.5 Å². The van der Waals surface area contributed by atoms with Crippen molar-refractivity contribution in [2.45, 2.75) is 26.1 Å². The van der Waals surface area contributed by atoms with Crippen LogP contribution in [-0.2, 0) is 6.18 Å². The second-order valence-corrected chi connectivity index (χ2v) is 7.52. The average Bonchev–Trinajstić information content (AvgIpc) is 3.20. The number of amides is 1. The average molecular weight is 448 g/mol. The van der Waals surface area contributed by atoms with Gasteiger partial charge in [-0.2, -0.15) is 18.3 Å². The summed E-state index contributed by atoms with van der Waals surface area (Å²) in [5, 5.41) is 4.36. The van der Waals surface area contributed by atoms with Crippen molar-refractivity contribution in [3.8, 4) is 16.9 Å². The maximum atomic E-state index is 13.4. The third-order valence-electron chi connectivity index (χ3n) is 5.23. The van der Waals surface area contributed by atoms with E-state index in [2.05, 4.69) is 10.1 Å². The van der Waals surface area contributed by atoms with E-state index in [4.69, 9.17) is 4.74 Å². The molecule has 4 rings (SSSR count). The molecule has 1 aromatic carbocycles. The summed E-state index contributed by atoms with van der Waals surface area (Å²) in [5.74, 6) is -0.918. The van der Waals surface area contributed by atoms with Crippen LogP contribution in [0.15, 0.2) is 42.7 Å². The van der Waals surface area contributed by atoms with E-state index in [9.17, 15) is 22.4 Å². The van der Waals surface area contributed by atoms with Crippen molar-refractivity contribution in [1.29, 1.82) is 0 Å². The second kappa shape index (κ2) is 8.25. The van der Waals surface area contributed by atoms with Gasteiger partial charge in [-0.3, -0.25) is 14.5 Å². The summed E-state index contributed by atoms with van der Waals surface area (Å²) < 4.78 is 59.2. The van der Waals surface area contributed by atoms with Gasteiger partial charge in [0.2, 0.25) is 0 Å². The predicted molar refractivity (Wildman–Crippen MR) is 109 cm³/mol. The minimum atomic E-state index is -4.67. The van der Waals surface area contributed by atoms with Crippen LogP contribution in [0.2, 0.25) is 0 Å². The number of halogens is 4. The molecular formula is C22H20F4N4O2. The largest absolute Gasteiger partial charge is 0.490 e. The van der Waals surface area contributed by atoms with Crippen molar-refractivity contribution in [2.75, 3.05) is 24.7 Å². The van der Waals surface area contributed by atoms with Crippen molar-refractivity contribution in [3.05, 3.63) is 59.7 Å². The standard InChI is InChI=1S/C22H20F4N4O2/c1-13-9-15(5-7-27-13)17-11-28-30-14(2)12-29(21(31)20(17)30)16-3-4-18(22(24,25)26)19(10-16)32-8-6-23/h3-5,7,9-11,14H,6,8,12H2,1-2H3/t14-/m0/s1. The Balaban J connectivity index is 1.76. The summed E-state index contributed by atoms with van der Waals surface area (Å²) in [4.78, 5) is 19.0. The lowest BCUT2D eigenvalue weighted by Crippen LogP contribution is -2.42. The summed E-state index contributed by atoms with van der Waals surface area (Å²) in [6, 6.07) is 6.57. The lowest BCUT2D eigenvalue weighted by molar-refractivity contribution is -0.139. The van der Waals surface area contributed by atoms with E-state index in [-0.39, 0.29) is 18.3 Å². The molecule has 0 bridgehead atoms. The zero-order valence-electron chi connectivity index (χ0n) is 17.4. The van der Waals surface area contributed by atoms with E-state index in [0.717, 1.165) is 23.4 Å². The van der Waals surface area contributed by atoms with E-state index in [0.29, 0.717) is 11.3 Å². The minimum absolute atomic E-state index is 0.205. The molecule has 168 valence electrons. The maximum absolute atomic E-state index is 13.4. The van der Waals surface area contributed by atoms with Crippen LogP contribution in [0.5, 0.6) is 5.75 Å². The molecule has 0 spiro atoms.